The van der Waals surface area contributed by atoms with Crippen LogP contribution in [0.25, 0.3) is 0 Å². The zero-order valence-electron chi connectivity index (χ0n) is 6.62. The molecule has 0 unspecified atom stereocenters. The first-order valence-electron chi connectivity index (χ1n) is 3.49. The van der Waals surface area contributed by atoms with E-state index >= 15 is 0 Å². The van der Waals surface area contributed by atoms with Gasteiger partial charge in [-0.3, -0.25) is 4.79 Å². The van der Waals surface area contributed by atoms with Crippen LogP contribution in [0.15, 0.2) is 12.1 Å². The number of aliphatic carboxylic acids is 1. The molecule has 13 heavy (non-hydrogen) atoms. The molecule has 0 radical (unpaired) electrons. The highest BCUT2D eigenvalue weighted by Crippen LogP contribution is 2.26. The maximum Gasteiger partial charge on any atom is 0.307 e. The van der Waals surface area contributed by atoms with E-state index in [1.807, 2.05) is 0 Å². The molecule has 0 aromatic heterocycles. The van der Waals surface area contributed by atoms with Gasteiger partial charge in [0.2, 0.25) is 0 Å². The van der Waals surface area contributed by atoms with Gasteiger partial charge < -0.3 is 15.9 Å². The zero-order valence-corrected chi connectivity index (χ0v) is 6.62. The van der Waals surface area contributed by atoms with Crippen molar-refractivity contribution in [3.63, 3.8) is 0 Å². The van der Waals surface area contributed by atoms with Crippen molar-refractivity contribution in [2.75, 3.05) is 5.73 Å². The predicted octanol–water partition coefficient (Wildman–Crippen LogP) is 0.741. The van der Waals surface area contributed by atoms with Crippen molar-refractivity contribution in [3.05, 3.63) is 23.5 Å². The molecule has 0 atom stereocenters. The summed E-state index contributed by atoms with van der Waals surface area (Å²) in [5.74, 6) is -2.18. The normalized spacial score (nSPS) is 9.92. The molecule has 0 saturated heterocycles. The summed E-state index contributed by atoms with van der Waals surface area (Å²) >= 11 is 0. The number of anilines is 1. The summed E-state index contributed by atoms with van der Waals surface area (Å²) in [6.45, 7) is 0. The average molecular weight is 185 g/mol. The van der Waals surface area contributed by atoms with E-state index in [-0.39, 0.29) is 17.0 Å². The van der Waals surface area contributed by atoms with E-state index in [0.717, 1.165) is 12.1 Å². The number of phenolic OH excluding ortho intramolecular Hbond substituents is 1. The van der Waals surface area contributed by atoms with Gasteiger partial charge in [-0.05, 0) is 6.07 Å². The first-order valence-corrected chi connectivity index (χ1v) is 3.49. The maximum absolute atomic E-state index is 12.7. The Morgan fingerprint density at radius 1 is 1.54 bits per heavy atom. The Morgan fingerprint density at radius 3 is 2.69 bits per heavy atom. The lowest BCUT2D eigenvalue weighted by Crippen LogP contribution is -2.02. The fourth-order valence-corrected chi connectivity index (χ4v) is 0.976. The minimum atomic E-state index is -1.15. The molecule has 4 N–H and O–H groups in total. The van der Waals surface area contributed by atoms with Crippen molar-refractivity contribution >= 4 is 11.7 Å². The molecule has 0 heterocycles. The fraction of sp³-hybridized carbons (Fsp3) is 0.125. The summed E-state index contributed by atoms with van der Waals surface area (Å²) in [4.78, 5) is 10.3. The van der Waals surface area contributed by atoms with Crippen LogP contribution in [0.4, 0.5) is 10.1 Å². The second-order valence-electron chi connectivity index (χ2n) is 2.57. The van der Waals surface area contributed by atoms with Crippen LogP contribution in [0, 0.1) is 5.82 Å². The highest BCUT2D eigenvalue weighted by molar-refractivity contribution is 5.73. The lowest BCUT2D eigenvalue weighted by atomic mass is 10.1. The van der Waals surface area contributed by atoms with E-state index in [0.29, 0.717) is 0 Å². The Morgan fingerprint density at radius 2 is 2.15 bits per heavy atom. The third-order valence-corrected chi connectivity index (χ3v) is 1.52. The molecule has 0 spiro atoms. The molecule has 0 aliphatic heterocycles. The topological polar surface area (TPSA) is 83.6 Å². The van der Waals surface area contributed by atoms with E-state index in [4.69, 9.17) is 10.8 Å². The number of halogens is 1. The minimum absolute atomic E-state index is 0.0231. The molecule has 1 aromatic rings. The molecule has 0 fully saturated rings. The fourth-order valence-electron chi connectivity index (χ4n) is 0.976. The van der Waals surface area contributed by atoms with Crippen LogP contribution in [0.3, 0.4) is 0 Å². The molecule has 0 aliphatic carbocycles. The molecular formula is C8H8FNO3. The van der Waals surface area contributed by atoms with Crippen molar-refractivity contribution in [1.82, 2.24) is 0 Å². The number of nitrogens with two attached hydrogens (primary N) is 1. The second-order valence-corrected chi connectivity index (χ2v) is 2.57. The van der Waals surface area contributed by atoms with E-state index in [1.54, 1.807) is 0 Å². The number of hydrogen-bond acceptors (Lipinski definition) is 3. The van der Waals surface area contributed by atoms with Crippen LogP contribution < -0.4 is 5.73 Å². The Labute approximate surface area is 73.4 Å². The van der Waals surface area contributed by atoms with Crippen LogP contribution in [-0.2, 0) is 11.2 Å². The number of benzene rings is 1. The highest BCUT2D eigenvalue weighted by Gasteiger charge is 2.10. The molecule has 1 aromatic carbocycles. The lowest BCUT2D eigenvalue weighted by molar-refractivity contribution is -0.136. The first kappa shape index (κ1) is 9.31. The Kier molecular flexibility index (Phi) is 2.36. The van der Waals surface area contributed by atoms with Gasteiger partial charge in [-0.15, -0.1) is 0 Å². The molecule has 5 heteroatoms. The van der Waals surface area contributed by atoms with Crippen LogP contribution in [0.2, 0.25) is 0 Å². The summed E-state index contributed by atoms with van der Waals surface area (Å²) in [5.41, 5.74) is 5.03. The molecule has 0 aliphatic rings. The third kappa shape index (κ3) is 2.08. The number of carboxylic acids is 1. The largest absolute Gasteiger partial charge is 0.505 e. The van der Waals surface area contributed by atoms with Gasteiger partial charge in [0.05, 0.1) is 12.1 Å². The Balaban J connectivity index is 3.12. The number of nitrogen functional groups attached to an aromatic ring is 1. The van der Waals surface area contributed by atoms with Crippen molar-refractivity contribution < 1.29 is 19.4 Å². The van der Waals surface area contributed by atoms with E-state index in [2.05, 4.69) is 0 Å². The van der Waals surface area contributed by atoms with Gasteiger partial charge >= 0.3 is 5.97 Å². The molecular weight excluding hydrogens is 177 g/mol. The molecule has 0 bridgehead atoms. The number of aromatic hydroxyl groups is 1. The van der Waals surface area contributed by atoms with Crippen LogP contribution in [0.1, 0.15) is 5.56 Å². The number of carbonyl (C=O) groups is 1. The van der Waals surface area contributed by atoms with Crippen molar-refractivity contribution in [3.8, 4) is 5.75 Å². The van der Waals surface area contributed by atoms with E-state index in [9.17, 15) is 14.3 Å². The van der Waals surface area contributed by atoms with Gasteiger partial charge in [-0.1, -0.05) is 0 Å². The molecule has 4 nitrogen and oxygen atoms in total. The van der Waals surface area contributed by atoms with Crippen molar-refractivity contribution in [2.24, 2.45) is 0 Å². The number of hydrogen-bond donors (Lipinski definition) is 3. The summed E-state index contributed by atoms with van der Waals surface area (Å²) in [6, 6.07) is 1.88. The van der Waals surface area contributed by atoms with Gasteiger partial charge in [-0.2, -0.15) is 0 Å². The monoisotopic (exact) mass is 185 g/mol. The summed E-state index contributed by atoms with van der Waals surface area (Å²) in [6.07, 6.45) is -0.451. The number of phenols is 1. The summed E-state index contributed by atoms with van der Waals surface area (Å²) < 4.78 is 12.7. The molecule has 0 saturated carbocycles. The zero-order chi connectivity index (χ0) is 10.0. The van der Waals surface area contributed by atoms with Gasteiger partial charge in [-0.25, -0.2) is 4.39 Å². The van der Waals surface area contributed by atoms with Gasteiger partial charge in [0, 0.05) is 11.6 Å². The van der Waals surface area contributed by atoms with Gasteiger partial charge in [0.15, 0.2) is 0 Å². The maximum atomic E-state index is 12.7. The molecule has 70 valence electrons. The summed E-state index contributed by atoms with van der Waals surface area (Å²) in [5, 5.41) is 17.6. The SMILES string of the molecule is Nc1cc(F)cc(CC(=O)O)c1O. The number of carboxylic acid groups (broad SMARTS) is 1. The Bertz CT molecular complexity index is 351. The van der Waals surface area contributed by atoms with Crippen LogP contribution >= 0.6 is 0 Å². The van der Waals surface area contributed by atoms with E-state index < -0.39 is 18.2 Å². The lowest BCUT2D eigenvalue weighted by Gasteiger charge is -2.04. The van der Waals surface area contributed by atoms with Crippen LogP contribution in [-0.4, -0.2) is 16.2 Å². The predicted molar refractivity (Wildman–Crippen MR) is 43.8 cm³/mol. The second kappa shape index (κ2) is 3.30. The molecule has 0 amide bonds. The highest BCUT2D eigenvalue weighted by atomic mass is 19.1. The smallest absolute Gasteiger partial charge is 0.307 e. The van der Waals surface area contributed by atoms with E-state index in [1.165, 1.54) is 0 Å². The van der Waals surface area contributed by atoms with Crippen LogP contribution in [0.5, 0.6) is 5.75 Å². The van der Waals surface area contributed by atoms with Gasteiger partial charge in [0.1, 0.15) is 11.6 Å². The number of rotatable bonds is 2. The summed E-state index contributed by atoms with van der Waals surface area (Å²) in [7, 11) is 0. The minimum Gasteiger partial charge on any atom is -0.505 e. The standard InChI is InChI=1S/C8H8FNO3/c9-5-1-4(2-7(11)12)8(13)6(10)3-5/h1,3,13H,2,10H2,(H,11,12). The molecule has 1 rings (SSSR count). The van der Waals surface area contributed by atoms with Gasteiger partial charge in [0.25, 0.3) is 0 Å². The third-order valence-electron chi connectivity index (χ3n) is 1.52. The van der Waals surface area contributed by atoms with Crippen molar-refractivity contribution in [2.45, 2.75) is 6.42 Å². The van der Waals surface area contributed by atoms with Crippen molar-refractivity contribution in [1.29, 1.82) is 0 Å². The average Bonchev–Trinajstić information content (AvgIpc) is 1.98. The quantitative estimate of drug-likeness (QED) is 0.468. The Hall–Kier alpha value is -1.78. The first-order chi connectivity index (χ1) is 6.00.